The van der Waals surface area contributed by atoms with Crippen LogP contribution in [0, 0.1) is 0 Å². The van der Waals surface area contributed by atoms with Crippen molar-refractivity contribution >= 4 is 17.4 Å². The first-order valence-corrected chi connectivity index (χ1v) is 6.03. The first-order valence-electron chi connectivity index (χ1n) is 5.65. The minimum Gasteiger partial charge on any atom is -0.488 e. The van der Waals surface area contributed by atoms with Gasteiger partial charge in [0.05, 0.1) is 10.6 Å². The molecule has 0 saturated heterocycles. The molecule has 0 saturated carbocycles. The molecule has 3 N–H and O–H groups in total. The fourth-order valence-electron chi connectivity index (χ4n) is 1.66. The molecule has 5 heteroatoms. The van der Waals surface area contributed by atoms with Crippen LogP contribution in [0.25, 0.3) is 0 Å². The zero-order valence-corrected chi connectivity index (χ0v) is 10.8. The lowest BCUT2D eigenvalue weighted by Gasteiger charge is -2.11. The molecule has 0 aromatic heterocycles. The monoisotopic (exact) mass is 276 g/mol. The van der Waals surface area contributed by atoms with E-state index in [1.54, 1.807) is 18.2 Å². The molecular formula is C14H13ClN2O2. The van der Waals surface area contributed by atoms with Gasteiger partial charge in [0.2, 0.25) is 0 Å². The average molecular weight is 277 g/mol. The van der Waals surface area contributed by atoms with Gasteiger partial charge >= 0.3 is 0 Å². The lowest BCUT2D eigenvalue weighted by Crippen LogP contribution is -2.15. The standard InChI is InChI=1S/C14H13ClN2O2/c15-11-7-4-8-12(13(11)14(16)17-18)19-9-10-5-2-1-3-6-10/h1-8,18H,9H2,(H2,16,17). The first kappa shape index (κ1) is 13.2. The Morgan fingerprint density at radius 2 is 1.89 bits per heavy atom. The molecule has 2 aromatic carbocycles. The van der Waals surface area contributed by atoms with Crippen LogP contribution < -0.4 is 10.5 Å². The van der Waals surface area contributed by atoms with Crippen molar-refractivity contribution < 1.29 is 9.94 Å². The van der Waals surface area contributed by atoms with E-state index in [-0.39, 0.29) is 5.84 Å². The zero-order chi connectivity index (χ0) is 13.7. The molecule has 2 rings (SSSR count). The van der Waals surface area contributed by atoms with Gasteiger partial charge in [0.1, 0.15) is 12.4 Å². The molecule has 0 aliphatic carbocycles. The second-order valence-corrected chi connectivity index (χ2v) is 4.28. The molecule has 0 aliphatic rings. The highest BCUT2D eigenvalue weighted by Gasteiger charge is 2.12. The summed E-state index contributed by atoms with van der Waals surface area (Å²) in [5.41, 5.74) is 7.01. The molecule has 2 aromatic rings. The van der Waals surface area contributed by atoms with E-state index in [4.69, 9.17) is 27.3 Å². The maximum atomic E-state index is 8.77. The molecule has 0 amide bonds. The lowest BCUT2D eigenvalue weighted by atomic mass is 10.2. The summed E-state index contributed by atoms with van der Waals surface area (Å²) >= 11 is 6.03. The molecule has 0 spiro atoms. The van der Waals surface area contributed by atoms with Crippen molar-refractivity contribution in [1.29, 1.82) is 0 Å². The van der Waals surface area contributed by atoms with E-state index in [0.29, 0.717) is 22.9 Å². The summed E-state index contributed by atoms with van der Waals surface area (Å²) in [6.45, 7) is 0.382. The molecule has 0 heterocycles. The molecule has 98 valence electrons. The molecule has 19 heavy (non-hydrogen) atoms. The van der Waals surface area contributed by atoms with Gasteiger partial charge in [0.25, 0.3) is 0 Å². The van der Waals surface area contributed by atoms with Crippen molar-refractivity contribution in [1.82, 2.24) is 0 Å². The third-order valence-electron chi connectivity index (χ3n) is 2.58. The van der Waals surface area contributed by atoms with Crippen molar-refractivity contribution in [2.24, 2.45) is 10.9 Å². The summed E-state index contributed by atoms with van der Waals surface area (Å²) < 4.78 is 5.67. The highest BCUT2D eigenvalue weighted by molar-refractivity contribution is 6.34. The number of hydrogen-bond donors (Lipinski definition) is 2. The van der Waals surface area contributed by atoms with Gasteiger partial charge in [-0.3, -0.25) is 0 Å². The fourth-order valence-corrected chi connectivity index (χ4v) is 1.92. The second kappa shape index (κ2) is 6.11. The highest BCUT2D eigenvalue weighted by atomic mass is 35.5. The van der Waals surface area contributed by atoms with E-state index in [0.717, 1.165) is 5.56 Å². The Morgan fingerprint density at radius 3 is 2.58 bits per heavy atom. The number of nitrogens with two attached hydrogens (primary N) is 1. The summed E-state index contributed by atoms with van der Waals surface area (Å²) in [6, 6.07) is 14.8. The van der Waals surface area contributed by atoms with Gasteiger partial charge in [-0.15, -0.1) is 0 Å². The lowest BCUT2D eigenvalue weighted by molar-refractivity contribution is 0.303. The molecule has 0 radical (unpaired) electrons. The van der Waals surface area contributed by atoms with Crippen LogP contribution in [0.3, 0.4) is 0 Å². The average Bonchev–Trinajstić information content (AvgIpc) is 2.45. The molecule has 0 aliphatic heterocycles. The van der Waals surface area contributed by atoms with Gasteiger partial charge in [-0.2, -0.15) is 0 Å². The molecule has 0 fully saturated rings. The number of nitrogens with zero attached hydrogens (tertiary/aromatic N) is 1. The summed E-state index contributed by atoms with van der Waals surface area (Å²) in [7, 11) is 0. The van der Waals surface area contributed by atoms with Gasteiger partial charge in [-0.1, -0.05) is 53.2 Å². The van der Waals surface area contributed by atoms with Gasteiger partial charge in [0, 0.05) is 0 Å². The van der Waals surface area contributed by atoms with Crippen molar-refractivity contribution in [2.75, 3.05) is 0 Å². The number of hydrogen-bond acceptors (Lipinski definition) is 3. The number of benzene rings is 2. The van der Waals surface area contributed by atoms with Crippen molar-refractivity contribution in [2.45, 2.75) is 6.61 Å². The third-order valence-corrected chi connectivity index (χ3v) is 2.89. The Balaban J connectivity index is 2.23. The topological polar surface area (TPSA) is 67.8 Å². The van der Waals surface area contributed by atoms with Crippen molar-refractivity contribution in [3.63, 3.8) is 0 Å². The Bertz CT molecular complexity index is 585. The van der Waals surface area contributed by atoms with E-state index < -0.39 is 0 Å². The van der Waals surface area contributed by atoms with Crippen LogP contribution in [0.1, 0.15) is 11.1 Å². The van der Waals surface area contributed by atoms with E-state index in [9.17, 15) is 0 Å². The van der Waals surface area contributed by atoms with E-state index in [1.807, 2.05) is 30.3 Å². The molecule has 0 unspecified atom stereocenters. The van der Waals surface area contributed by atoms with Crippen molar-refractivity contribution in [3.05, 3.63) is 64.7 Å². The number of ether oxygens (including phenoxy) is 1. The summed E-state index contributed by atoms with van der Waals surface area (Å²) in [4.78, 5) is 0. The Morgan fingerprint density at radius 1 is 1.16 bits per heavy atom. The summed E-state index contributed by atoms with van der Waals surface area (Å²) in [5.74, 6) is 0.403. The maximum Gasteiger partial charge on any atom is 0.175 e. The first-order chi connectivity index (χ1) is 9.22. The number of halogens is 1. The largest absolute Gasteiger partial charge is 0.488 e. The van der Waals surface area contributed by atoms with Crippen LogP contribution >= 0.6 is 11.6 Å². The van der Waals surface area contributed by atoms with Gasteiger partial charge in [-0.05, 0) is 17.7 Å². The SMILES string of the molecule is NC(=NO)c1c(Cl)cccc1OCc1ccccc1. The molecule has 0 atom stereocenters. The smallest absolute Gasteiger partial charge is 0.175 e. The summed E-state index contributed by atoms with van der Waals surface area (Å²) in [5, 5.41) is 12.1. The van der Waals surface area contributed by atoms with Gasteiger partial charge < -0.3 is 15.7 Å². The van der Waals surface area contributed by atoms with Crippen LogP contribution in [-0.2, 0) is 6.61 Å². The Labute approximate surface area is 116 Å². The van der Waals surface area contributed by atoms with Crippen molar-refractivity contribution in [3.8, 4) is 5.75 Å². The Kier molecular flexibility index (Phi) is 4.26. The quantitative estimate of drug-likeness (QED) is 0.390. The zero-order valence-electron chi connectivity index (χ0n) is 10.1. The minimum absolute atomic E-state index is 0.0753. The number of oxime groups is 1. The molecule has 0 bridgehead atoms. The molecular weight excluding hydrogens is 264 g/mol. The highest BCUT2D eigenvalue weighted by Crippen LogP contribution is 2.26. The van der Waals surface area contributed by atoms with E-state index in [2.05, 4.69) is 5.16 Å². The van der Waals surface area contributed by atoms with E-state index in [1.165, 1.54) is 0 Å². The molecule has 4 nitrogen and oxygen atoms in total. The van der Waals surface area contributed by atoms with Gasteiger partial charge in [-0.25, -0.2) is 0 Å². The third kappa shape index (κ3) is 3.17. The van der Waals surface area contributed by atoms with Crippen LogP contribution in [0.2, 0.25) is 5.02 Å². The van der Waals surface area contributed by atoms with Crippen LogP contribution in [0.15, 0.2) is 53.7 Å². The van der Waals surface area contributed by atoms with Crippen LogP contribution in [0.5, 0.6) is 5.75 Å². The predicted molar refractivity (Wildman–Crippen MR) is 74.7 cm³/mol. The maximum absolute atomic E-state index is 8.77. The van der Waals surface area contributed by atoms with E-state index >= 15 is 0 Å². The second-order valence-electron chi connectivity index (χ2n) is 3.87. The summed E-state index contributed by atoms with van der Waals surface area (Å²) in [6.07, 6.45) is 0. The van der Waals surface area contributed by atoms with Crippen LogP contribution in [-0.4, -0.2) is 11.0 Å². The number of rotatable bonds is 4. The van der Waals surface area contributed by atoms with Gasteiger partial charge in [0.15, 0.2) is 5.84 Å². The minimum atomic E-state index is -0.0753. The predicted octanol–water partition coefficient (Wildman–Crippen LogP) is 3.01. The Hall–Kier alpha value is -2.20. The number of amidine groups is 1. The van der Waals surface area contributed by atoms with Crippen LogP contribution in [0.4, 0.5) is 0 Å². The normalized spacial score (nSPS) is 11.3. The fraction of sp³-hybridized carbons (Fsp3) is 0.0714.